The standard InChI is InChI=1S/C17H18N2O2/c20-16(17(21)19-15-11-5-2-6-12-15)18-13-7-10-14-8-3-1-4-9-14/h1-6,8-9,11-12H,7,10,13H2,(H,18,20)(H,19,21). The third-order valence-electron chi connectivity index (χ3n) is 3.01. The lowest BCUT2D eigenvalue weighted by Crippen LogP contribution is -2.36. The number of para-hydroxylation sites is 1. The fourth-order valence-corrected chi connectivity index (χ4v) is 1.93. The van der Waals surface area contributed by atoms with E-state index in [0.29, 0.717) is 12.2 Å². The largest absolute Gasteiger partial charge is 0.348 e. The first-order valence-electron chi connectivity index (χ1n) is 6.94. The molecule has 0 saturated heterocycles. The third kappa shape index (κ3) is 5.10. The molecule has 108 valence electrons. The summed E-state index contributed by atoms with van der Waals surface area (Å²) in [5, 5.41) is 5.17. The molecular weight excluding hydrogens is 264 g/mol. The van der Waals surface area contributed by atoms with Gasteiger partial charge in [-0.1, -0.05) is 48.5 Å². The minimum absolute atomic E-state index is 0.482. The molecule has 4 nitrogen and oxygen atoms in total. The first-order chi connectivity index (χ1) is 10.3. The first kappa shape index (κ1) is 14.8. The molecule has 0 unspecified atom stereocenters. The van der Waals surface area contributed by atoms with E-state index < -0.39 is 11.8 Å². The second-order valence-corrected chi connectivity index (χ2v) is 4.67. The van der Waals surface area contributed by atoms with Gasteiger partial charge in [-0.15, -0.1) is 0 Å². The van der Waals surface area contributed by atoms with E-state index in [9.17, 15) is 9.59 Å². The number of hydrogen-bond acceptors (Lipinski definition) is 2. The highest BCUT2D eigenvalue weighted by Gasteiger charge is 2.12. The highest BCUT2D eigenvalue weighted by molar-refractivity contribution is 6.39. The van der Waals surface area contributed by atoms with Gasteiger partial charge in [-0.25, -0.2) is 0 Å². The Morgan fingerprint density at radius 2 is 1.43 bits per heavy atom. The quantitative estimate of drug-likeness (QED) is 0.653. The van der Waals surface area contributed by atoms with Crippen LogP contribution in [0.5, 0.6) is 0 Å². The molecule has 2 rings (SSSR count). The van der Waals surface area contributed by atoms with E-state index in [0.717, 1.165) is 12.8 Å². The molecule has 0 bridgehead atoms. The molecule has 0 aromatic heterocycles. The normalized spacial score (nSPS) is 9.90. The van der Waals surface area contributed by atoms with Crippen molar-refractivity contribution in [3.8, 4) is 0 Å². The van der Waals surface area contributed by atoms with Gasteiger partial charge >= 0.3 is 11.8 Å². The lowest BCUT2D eigenvalue weighted by molar-refractivity contribution is -0.136. The maximum Gasteiger partial charge on any atom is 0.313 e. The topological polar surface area (TPSA) is 58.2 Å². The smallest absolute Gasteiger partial charge is 0.313 e. The summed E-state index contributed by atoms with van der Waals surface area (Å²) in [7, 11) is 0. The van der Waals surface area contributed by atoms with Gasteiger partial charge in [0.2, 0.25) is 0 Å². The van der Waals surface area contributed by atoms with E-state index in [-0.39, 0.29) is 0 Å². The minimum atomic E-state index is -0.638. The molecule has 0 aliphatic carbocycles. The summed E-state index contributed by atoms with van der Waals surface area (Å²) in [5.74, 6) is -1.24. The average molecular weight is 282 g/mol. The van der Waals surface area contributed by atoms with E-state index in [4.69, 9.17) is 0 Å². The van der Waals surface area contributed by atoms with E-state index in [1.165, 1.54) is 5.56 Å². The predicted molar refractivity (Wildman–Crippen MR) is 82.8 cm³/mol. The van der Waals surface area contributed by atoms with E-state index in [1.807, 2.05) is 36.4 Å². The lowest BCUT2D eigenvalue weighted by atomic mass is 10.1. The van der Waals surface area contributed by atoms with Crippen molar-refractivity contribution in [3.05, 3.63) is 66.2 Å². The first-order valence-corrected chi connectivity index (χ1v) is 6.94. The van der Waals surface area contributed by atoms with Crippen molar-refractivity contribution in [2.45, 2.75) is 12.8 Å². The van der Waals surface area contributed by atoms with E-state index in [1.54, 1.807) is 24.3 Å². The Morgan fingerprint density at radius 3 is 2.10 bits per heavy atom. The fraction of sp³-hybridized carbons (Fsp3) is 0.176. The molecule has 0 saturated carbocycles. The van der Waals surface area contributed by atoms with Crippen molar-refractivity contribution in [2.24, 2.45) is 0 Å². The Labute approximate surface area is 124 Å². The zero-order chi connectivity index (χ0) is 14.9. The Kier molecular flexibility index (Phi) is 5.52. The number of nitrogens with one attached hydrogen (secondary N) is 2. The van der Waals surface area contributed by atoms with Crippen LogP contribution in [0.3, 0.4) is 0 Å². The van der Waals surface area contributed by atoms with Gasteiger partial charge in [-0.3, -0.25) is 9.59 Å². The molecular formula is C17H18N2O2. The maximum atomic E-state index is 11.7. The van der Waals surface area contributed by atoms with Gasteiger partial charge in [-0.05, 0) is 30.5 Å². The van der Waals surface area contributed by atoms with Gasteiger partial charge in [-0.2, -0.15) is 0 Å². The summed E-state index contributed by atoms with van der Waals surface area (Å²) in [6.45, 7) is 0.482. The van der Waals surface area contributed by atoms with Crippen molar-refractivity contribution in [3.63, 3.8) is 0 Å². The molecule has 0 radical (unpaired) electrons. The Balaban J connectivity index is 1.68. The van der Waals surface area contributed by atoms with Crippen LogP contribution in [0.4, 0.5) is 5.69 Å². The van der Waals surface area contributed by atoms with Crippen molar-refractivity contribution < 1.29 is 9.59 Å². The van der Waals surface area contributed by atoms with Crippen LogP contribution in [0.25, 0.3) is 0 Å². The van der Waals surface area contributed by atoms with Crippen LogP contribution in [0.1, 0.15) is 12.0 Å². The van der Waals surface area contributed by atoms with Gasteiger partial charge in [0.25, 0.3) is 0 Å². The van der Waals surface area contributed by atoms with Crippen LogP contribution in [-0.4, -0.2) is 18.4 Å². The van der Waals surface area contributed by atoms with Crippen LogP contribution in [-0.2, 0) is 16.0 Å². The van der Waals surface area contributed by atoms with Crippen LogP contribution in [0.15, 0.2) is 60.7 Å². The van der Waals surface area contributed by atoms with Crippen molar-refractivity contribution in [1.82, 2.24) is 5.32 Å². The number of benzene rings is 2. The number of amides is 2. The summed E-state index contributed by atoms with van der Waals surface area (Å²) in [6, 6.07) is 19.0. The molecule has 21 heavy (non-hydrogen) atoms. The number of rotatable bonds is 5. The molecule has 4 heteroatoms. The molecule has 0 fully saturated rings. The molecule has 2 amide bonds. The predicted octanol–water partition coefficient (Wildman–Crippen LogP) is 2.37. The number of aryl methyl sites for hydroxylation is 1. The van der Waals surface area contributed by atoms with Crippen LogP contribution >= 0.6 is 0 Å². The second kappa shape index (κ2) is 7.85. The van der Waals surface area contributed by atoms with Crippen molar-refractivity contribution in [1.29, 1.82) is 0 Å². The van der Waals surface area contributed by atoms with Crippen molar-refractivity contribution >= 4 is 17.5 Å². The molecule has 0 heterocycles. The summed E-state index contributed by atoms with van der Waals surface area (Å²) < 4.78 is 0. The van der Waals surface area contributed by atoms with Gasteiger partial charge in [0.15, 0.2) is 0 Å². The monoisotopic (exact) mass is 282 g/mol. The molecule has 0 spiro atoms. The van der Waals surface area contributed by atoms with E-state index in [2.05, 4.69) is 10.6 Å². The van der Waals surface area contributed by atoms with Gasteiger partial charge in [0.05, 0.1) is 0 Å². The molecule has 0 atom stereocenters. The van der Waals surface area contributed by atoms with Crippen LogP contribution in [0.2, 0.25) is 0 Å². The molecule has 0 aliphatic rings. The summed E-state index contributed by atoms with van der Waals surface area (Å²) in [4.78, 5) is 23.3. The number of carbonyl (C=O) groups is 2. The lowest BCUT2D eigenvalue weighted by Gasteiger charge is -2.06. The highest BCUT2D eigenvalue weighted by atomic mass is 16.2. The zero-order valence-corrected chi connectivity index (χ0v) is 11.7. The number of hydrogen-bond donors (Lipinski definition) is 2. The Morgan fingerprint density at radius 1 is 0.810 bits per heavy atom. The number of anilines is 1. The molecule has 0 aliphatic heterocycles. The molecule has 2 aromatic carbocycles. The molecule has 2 N–H and O–H groups in total. The van der Waals surface area contributed by atoms with Crippen molar-refractivity contribution in [2.75, 3.05) is 11.9 Å². The van der Waals surface area contributed by atoms with Gasteiger partial charge in [0, 0.05) is 12.2 Å². The SMILES string of the molecule is O=C(NCCCc1ccccc1)C(=O)Nc1ccccc1. The van der Waals surface area contributed by atoms with E-state index >= 15 is 0 Å². The maximum absolute atomic E-state index is 11.7. The second-order valence-electron chi connectivity index (χ2n) is 4.67. The summed E-state index contributed by atoms with van der Waals surface area (Å²) in [6.07, 6.45) is 1.68. The van der Waals surface area contributed by atoms with Gasteiger partial charge < -0.3 is 10.6 Å². The van der Waals surface area contributed by atoms with Crippen LogP contribution < -0.4 is 10.6 Å². The Hall–Kier alpha value is -2.62. The van der Waals surface area contributed by atoms with Gasteiger partial charge in [0.1, 0.15) is 0 Å². The zero-order valence-electron chi connectivity index (χ0n) is 11.7. The highest BCUT2D eigenvalue weighted by Crippen LogP contribution is 2.04. The third-order valence-corrected chi connectivity index (χ3v) is 3.01. The molecule has 2 aromatic rings. The van der Waals surface area contributed by atoms with Crippen LogP contribution in [0, 0.1) is 0 Å². The number of carbonyl (C=O) groups excluding carboxylic acids is 2. The average Bonchev–Trinajstić information content (AvgIpc) is 2.53. The summed E-state index contributed by atoms with van der Waals surface area (Å²) in [5.41, 5.74) is 1.84. The summed E-state index contributed by atoms with van der Waals surface area (Å²) >= 11 is 0. The fourth-order valence-electron chi connectivity index (χ4n) is 1.93. The Bertz CT molecular complexity index is 582. The minimum Gasteiger partial charge on any atom is -0.348 e.